The number of nitrogens with zero attached hydrogens (tertiary/aromatic N) is 2. The Morgan fingerprint density at radius 1 is 0.750 bits per heavy atom. The summed E-state index contributed by atoms with van der Waals surface area (Å²) in [5, 5.41) is 19.9. The number of benzene rings is 2. The first-order valence-electron chi connectivity index (χ1n) is 6.04. The summed E-state index contributed by atoms with van der Waals surface area (Å²) in [6.07, 6.45) is 0. The van der Waals surface area contributed by atoms with E-state index in [1.54, 1.807) is 0 Å². The molecule has 4 heteroatoms. The van der Waals surface area contributed by atoms with Crippen LogP contribution in [0.3, 0.4) is 0 Å². The van der Waals surface area contributed by atoms with Crippen LogP contribution in [0.15, 0.2) is 48.5 Å². The molecule has 0 saturated heterocycles. The van der Waals surface area contributed by atoms with Crippen LogP contribution in [-0.2, 0) is 10.6 Å². The second-order valence-electron chi connectivity index (χ2n) is 4.15. The monoisotopic (exact) mass is 392 g/mol. The third-order valence-electron chi connectivity index (χ3n) is 2.65. The second kappa shape index (κ2) is 7.91. The predicted molar refractivity (Wildman–Crippen MR) is 81.2 cm³/mol. The summed E-state index contributed by atoms with van der Waals surface area (Å²) >= 11 is 1.17. The first-order valence-corrected chi connectivity index (χ1v) is 12.8. The van der Waals surface area contributed by atoms with Gasteiger partial charge in [0.2, 0.25) is 0 Å². The van der Waals surface area contributed by atoms with Gasteiger partial charge < -0.3 is 0 Å². The van der Waals surface area contributed by atoms with Gasteiger partial charge in [0.15, 0.2) is 0 Å². The first-order chi connectivity index (χ1) is 9.81. The average Bonchev–Trinajstić information content (AvgIpc) is 2.52. The van der Waals surface area contributed by atoms with E-state index in [1.807, 2.05) is 36.4 Å². The van der Waals surface area contributed by atoms with E-state index in [2.05, 4.69) is 24.3 Å². The van der Waals surface area contributed by atoms with E-state index in [9.17, 15) is 0 Å². The molecule has 0 unspecified atom stereocenters. The Morgan fingerprint density at radius 3 is 1.60 bits per heavy atom. The van der Waals surface area contributed by atoms with Crippen molar-refractivity contribution in [2.75, 3.05) is 0 Å². The van der Waals surface area contributed by atoms with Crippen LogP contribution in [0, 0.1) is 22.7 Å². The Hall–Kier alpha value is -1.54. The zero-order valence-corrected chi connectivity index (χ0v) is 14.2. The van der Waals surface area contributed by atoms with Crippen molar-refractivity contribution in [1.82, 2.24) is 0 Å². The molecule has 0 aromatic heterocycles. The molecule has 0 N–H and O–H groups in total. The molecule has 2 aromatic rings. The summed E-state index contributed by atoms with van der Waals surface area (Å²) in [5.74, 6) is 0. The molecule has 0 saturated carbocycles. The first kappa shape index (κ1) is 14.9. The van der Waals surface area contributed by atoms with Gasteiger partial charge in [-0.2, -0.15) is 0 Å². The Bertz CT molecular complexity index is 609. The minimum absolute atomic E-state index is 0.587. The van der Waals surface area contributed by atoms with Gasteiger partial charge in [0.25, 0.3) is 0 Å². The van der Waals surface area contributed by atoms with E-state index in [-0.39, 0.29) is 0 Å². The average molecular weight is 390 g/mol. The fourth-order valence-corrected chi connectivity index (χ4v) is 8.14. The van der Waals surface area contributed by atoms with E-state index in [1.165, 1.54) is 11.1 Å². The Kier molecular flexibility index (Phi) is 5.87. The number of hydrogen-bond donors (Lipinski definition) is 0. The standard InChI is InChI=1S/C16H12N2Se2/c17-9-13-3-1-5-15(7-13)11-19-20-12-16-6-2-4-14(8-16)10-18/h1-8H,11-12H2. The van der Waals surface area contributed by atoms with Crippen LogP contribution in [0.1, 0.15) is 22.3 Å². The molecule has 0 spiro atoms. The Balaban J connectivity index is 1.81. The zero-order chi connectivity index (χ0) is 14.2. The molecule has 0 amide bonds. The predicted octanol–water partition coefficient (Wildman–Crippen LogP) is 2.45. The summed E-state index contributed by atoms with van der Waals surface area (Å²) in [6, 6.07) is 20.1. The maximum absolute atomic E-state index is 8.86. The molecule has 2 rings (SSSR count). The molecule has 2 aromatic carbocycles. The van der Waals surface area contributed by atoms with Crippen LogP contribution in [0.5, 0.6) is 0 Å². The van der Waals surface area contributed by atoms with E-state index in [0.717, 1.165) is 21.8 Å². The van der Waals surface area contributed by atoms with Crippen LogP contribution in [0.25, 0.3) is 0 Å². The van der Waals surface area contributed by atoms with Crippen molar-refractivity contribution in [3.63, 3.8) is 0 Å². The van der Waals surface area contributed by atoms with E-state index >= 15 is 0 Å². The van der Waals surface area contributed by atoms with E-state index in [4.69, 9.17) is 10.5 Å². The van der Waals surface area contributed by atoms with Crippen molar-refractivity contribution in [3.05, 3.63) is 70.8 Å². The minimum atomic E-state index is 0.587. The molecule has 98 valence electrons. The van der Waals surface area contributed by atoms with Gasteiger partial charge in [-0.15, -0.1) is 0 Å². The van der Waals surface area contributed by atoms with Crippen molar-refractivity contribution in [2.24, 2.45) is 0 Å². The van der Waals surface area contributed by atoms with Crippen molar-refractivity contribution in [1.29, 1.82) is 10.5 Å². The molecular weight excluding hydrogens is 378 g/mol. The third kappa shape index (κ3) is 4.53. The molecule has 0 radical (unpaired) electrons. The van der Waals surface area contributed by atoms with Crippen molar-refractivity contribution < 1.29 is 0 Å². The molecule has 0 aliphatic heterocycles. The van der Waals surface area contributed by atoms with Crippen LogP contribution >= 0.6 is 0 Å². The van der Waals surface area contributed by atoms with Crippen LogP contribution in [-0.4, -0.2) is 26.3 Å². The molecule has 2 nitrogen and oxygen atoms in total. The molecule has 0 aliphatic rings. The Labute approximate surface area is 130 Å². The van der Waals surface area contributed by atoms with Crippen molar-refractivity contribution in [2.45, 2.75) is 10.6 Å². The fraction of sp³-hybridized carbons (Fsp3) is 0.125. The normalized spacial score (nSPS) is 9.70. The van der Waals surface area contributed by atoms with Gasteiger partial charge in [0.05, 0.1) is 0 Å². The molecule has 20 heavy (non-hydrogen) atoms. The number of rotatable bonds is 5. The molecule has 0 atom stereocenters. The van der Waals surface area contributed by atoms with Crippen LogP contribution in [0.4, 0.5) is 0 Å². The summed E-state index contributed by atoms with van der Waals surface area (Å²) in [4.78, 5) is 0. The summed E-state index contributed by atoms with van der Waals surface area (Å²) < 4.78 is 0. The van der Waals surface area contributed by atoms with Gasteiger partial charge in [-0.3, -0.25) is 0 Å². The topological polar surface area (TPSA) is 47.6 Å². The molecule has 0 aliphatic carbocycles. The van der Waals surface area contributed by atoms with Crippen molar-refractivity contribution >= 4 is 26.3 Å². The Morgan fingerprint density at radius 2 is 1.20 bits per heavy atom. The van der Waals surface area contributed by atoms with Gasteiger partial charge >= 0.3 is 130 Å². The van der Waals surface area contributed by atoms with E-state index < -0.39 is 0 Å². The molecular formula is C16H12N2Se2. The fourth-order valence-electron chi connectivity index (χ4n) is 1.68. The summed E-state index contributed by atoms with van der Waals surface area (Å²) in [5.41, 5.74) is 4.01. The van der Waals surface area contributed by atoms with Gasteiger partial charge in [-0.05, 0) is 0 Å². The van der Waals surface area contributed by atoms with Gasteiger partial charge in [-0.25, -0.2) is 0 Å². The van der Waals surface area contributed by atoms with Gasteiger partial charge in [-0.1, -0.05) is 0 Å². The maximum atomic E-state index is 8.86. The van der Waals surface area contributed by atoms with Crippen LogP contribution < -0.4 is 0 Å². The number of nitriles is 2. The molecule has 0 heterocycles. The van der Waals surface area contributed by atoms with Crippen LogP contribution in [0.2, 0.25) is 0 Å². The van der Waals surface area contributed by atoms with E-state index in [0.29, 0.717) is 26.3 Å². The SMILES string of the molecule is N#Cc1cccc(C[Se][Se]Cc2cccc(C#N)c2)c1. The third-order valence-corrected chi connectivity index (χ3v) is 9.28. The molecule has 0 bridgehead atoms. The van der Waals surface area contributed by atoms with Gasteiger partial charge in [0.1, 0.15) is 0 Å². The summed E-state index contributed by atoms with van der Waals surface area (Å²) in [7, 11) is 0. The summed E-state index contributed by atoms with van der Waals surface area (Å²) in [6.45, 7) is 0. The molecule has 0 fully saturated rings. The second-order valence-corrected chi connectivity index (χ2v) is 11.5. The number of hydrogen-bond acceptors (Lipinski definition) is 2. The van der Waals surface area contributed by atoms with Gasteiger partial charge in [0, 0.05) is 0 Å². The quantitative estimate of drug-likeness (QED) is 0.582. The van der Waals surface area contributed by atoms with Crippen molar-refractivity contribution in [3.8, 4) is 12.1 Å². The zero-order valence-electron chi connectivity index (χ0n) is 10.7.